The van der Waals surface area contributed by atoms with Crippen LogP contribution in [0.2, 0.25) is 0 Å². The minimum absolute atomic E-state index is 0.487. The average molecular weight is 301 g/mol. The van der Waals surface area contributed by atoms with Gasteiger partial charge in [0, 0.05) is 7.11 Å². The van der Waals surface area contributed by atoms with Gasteiger partial charge in [-0.05, 0) is 49.3 Å². The number of ether oxygens (including phenoxy) is 1. The number of hydrogen-bond acceptors (Lipinski definition) is 2. The molecule has 5 heteroatoms. The molecule has 0 saturated heterocycles. The normalized spacial score (nSPS) is 28.4. The summed E-state index contributed by atoms with van der Waals surface area (Å²) in [7, 11) is 1.60. The summed E-state index contributed by atoms with van der Waals surface area (Å²) in [4.78, 5) is 0. The van der Waals surface area contributed by atoms with Crippen molar-refractivity contribution in [3.63, 3.8) is 0 Å². The maximum absolute atomic E-state index is 12.8. The Kier molecular flexibility index (Phi) is 4.63. The summed E-state index contributed by atoms with van der Waals surface area (Å²) >= 11 is 0. The molecule has 2 rings (SSSR count). The minimum Gasteiger partial charge on any atom is -0.376 e. The van der Waals surface area contributed by atoms with Crippen LogP contribution in [0.1, 0.15) is 49.8 Å². The Balaban J connectivity index is 2.28. The number of methoxy groups -OCH3 is 1. The Morgan fingerprint density at radius 3 is 2.43 bits per heavy atom. The zero-order chi connectivity index (χ0) is 15.7. The number of benzene rings is 1. The molecule has 21 heavy (non-hydrogen) atoms. The van der Waals surface area contributed by atoms with Crippen LogP contribution in [-0.4, -0.2) is 12.7 Å². The fourth-order valence-corrected chi connectivity index (χ4v) is 3.11. The molecule has 118 valence electrons. The smallest absolute Gasteiger partial charge is 0.376 e. The third-order valence-electron chi connectivity index (χ3n) is 4.67. The fourth-order valence-electron chi connectivity index (χ4n) is 3.11. The van der Waals surface area contributed by atoms with Crippen molar-refractivity contribution < 1.29 is 17.9 Å². The van der Waals surface area contributed by atoms with Crippen molar-refractivity contribution in [2.75, 3.05) is 7.11 Å². The molecule has 2 N–H and O–H groups in total. The molecular formula is C16H22F3NO. The molecule has 0 aliphatic heterocycles. The molecule has 1 atom stereocenters. The van der Waals surface area contributed by atoms with E-state index in [4.69, 9.17) is 10.5 Å². The van der Waals surface area contributed by atoms with Crippen LogP contribution in [0.25, 0.3) is 0 Å². The van der Waals surface area contributed by atoms with Gasteiger partial charge >= 0.3 is 6.18 Å². The molecule has 1 aliphatic carbocycles. The van der Waals surface area contributed by atoms with Crippen LogP contribution < -0.4 is 5.73 Å². The summed E-state index contributed by atoms with van der Waals surface area (Å²) < 4.78 is 44.2. The predicted octanol–water partition coefficient (Wildman–Crippen LogP) is 4.30. The van der Waals surface area contributed by atoms with Crippen LogP contribution in [0.5, 0.6) is 0 Å². The number of halogens is 3. The Morgan fingerprint density at radius 2 is 1.90 bits per heavy atom. The van der Waals surface area contributed by atoms with Crippen molar-refractivity contribution in [1.29, 1.82) is 0 Å². The topological polar surface area (TPSA) is 35.2 Å². The molecule has 1 aromatic carbocycles. The van der Waals surface area contributed by atoms with E-state index in [1.807, 2.05) is 0 Å². The van der Waals surface area contributed by atoms with Crippen LogP contribution in [0.4, 0.5) is 13.2 Å². The van der Waals surface area contributed by atoms with Crippen molar-refractivity contribution in [2.45, 2.75) is 50.4 Å². The Bertz CT molecular complexity index is 479. The minimum atomic E-state index is -4.35. The molecule has 2 nitrogen and oxygen atoms in total. The van der Waals surface area contributed by atoms with Crippen molar-refractivity contribution >= 4 is 0 Å². The molecule has 1 fully saturated rings. The molecule has 1 aliphatic rings. The molecular weight excluding hydrogens is 279 g/mol. The van der Waals surface area contributed by atoms with Gasteiger partial charge in [0.15, 0.2) is 0 Å². The summed E-state index contributed by atoms with van der Waals surface area (Å²) in [5, 5.41) is 0. The monoisotopic (exact) mass is 301 g/mol. The summed E-state index contributed by atoms with van der Waals surface area (Å²) in [5.74, 6) is 0.613. The highest BCUT2D eigenvalue weighted by Crippen LogP contribution is 2.42. The van der Waals surface area contributed by atoms with E-state index >= 15 is 0 Å². The SMILES string of the molecule is COC1(C(N)c2cccc(C(F)(F)F)c2)CCC(C)CC1. The van der Waals surface area contributed by atoms with E-state index in [1.54, 1.807) is 13.2 Å². The number of hydrogen-bond donors (Lipinski definition) is 1. The maximum atomic E-state index is 12.8. The van der Waals surface area contributed by atoms with Gasteiger partial charge in [0.05, 0.1) is 17.2 Å². The van der Waals surface area contributed by atoms with Crippen molar-refractivity contribution in [3.05, 3.63) is 35.4 Å². The second kappa shape index (κ2) is 5.97. The van der Waals surface area contributed by atoms with Crippen LogP contribution in [0.15, 0.2) is 24.3 Å². The fraction of sp³-hybridized carbons (Fsp3) is 0.625. The summed E-state index contributed by atoms with van der Waals surface area (Å²) in [5.41, 5.74) is 5.55. The van der Waals surface area contributed by atoms with Crippen molar-refractivity contribution in [2.24, 2.45) is 11.7 Å². The van der Waals surface area contributed by atoms with E-state index in [0.29, 0.717) is 11.5 Å². The second-order valence-electron chi connectivity index (χ2n) is 6.05. The molecule has 0 bridgehead atoms. The van der Waals surface area contributed by atoms with E-state index in [0.717, 1.165) is 37.8 Å². The zero-order valence-electron chi connectivity index (χ0n) is 12.4. The third-order valence-corrected chi connectivity index (χ3v) is 4.67. The first-order valence-electron chi connectivity index (χ1n) is 7.26. The van der Waals surface area contributed by atoms with Gasteiger partial charge in [-0.3, -0.25) is 0 Å². The van der Waals surface area contributed by atoms with E-state index in [2.05, 4.69) is 6.92 Å². The molecule has 1 saturated carbocycles. The molecule has 0 spiro atoms. The van der Waals surface area contributed by atoms with Gasteiger partial charge in [0.2, 0.25) is 0 Å². The van der Waals surface area contributed by atoms with Crippen molar-refractivity contribution in [1.82, 2.24) is 0 Å². The van der Waals surface area contributed by atoms with Crippen LogP contribution >= 0.6 is 0 Å². The first-order chi connectivity index (χ1) is 9.78. The standard InChI is InChI=1S/C16H22F3NO/c1-11-6-8-15(21-2,9-7-11)14(20)12-4-3-5-13(10-12)16(17,18)19/h3-5,10-11,14H,6-9,20H2,1-2H3. The maximum Gasteiger partial charge on any atom is 0.416 e. The Hall–Kier alpha value is -1.07. The molecule has 0 amide bonds. The lowest BCUT2D eigenvalue weighted by atomic mass is 9.73. The zero-order valence-corrected chi connectivity index (χ0v) is 12.4. The van der Waals surface area contributed by atoms with Gasteiger partial charge < -0.3 is 10.5 Å². The number of alkyl halides is 3. The molecule has 1 unspecified atom stereocenters. The average Bonchev–Trinajstić information content (AvgIpc) is 2.47. The van der Waals surface area contributed by atoms with E-state index < -0.39 is 23.4 Å². The van der Waals surface area contributed by atoms with Crippen LogP contribution in [0.3, 0.4) is 0 Å². The molecule has 0 aromatic heterocycles. The highest BCUT2D eigenvalue weighted by atomic mass is 19.4. The van der Waals surface area contributed by atoms with Gasteiger partial charge in [0.1, 0.15) is 0 Å². The summed E-state index contributed by atoms with van der Waals surface area (Å²) in [6, 6.07) is 4.73. The summed E-state index contributed by atoms with van der Waals surface area (Å²) in [6.45, 7) is 2.18. The first-order valence-corrected chi connectivity index (χ1v) is 7.26. The van der Waals surface area contributed by atoms with Gasteiger partial charge in [0.25, 0.3) is 0 Å². The van der Waals surface area contributed by atoms with E-state index in [9.17, 15) is 13.2 Å². The summed E-state index contributed by atoms with van der Waals surface area (Å²) in [6.07, 6.45) is -0.817. The molecule has 1 aromatic rings. The highest BCUT2D eigenvalue weighted by Gasteiger charge is 2.41. The lowest BCUT2D eigenvalue weighted by Gasteiger charge is -2.42. The Morgan fingerprint density at radius 1 is 1.29 bits per heavy atom. The third kappa shape index (κ3) is 3.40. The van der Waals surface area contributed by atoms with Crippen LogP contribution in [0, 0.1) is 5.92 Å². The largest absolute Gasteiger partial charge is 0.416 e. The van der Waals surface area contributed by atoms with Gasteiger partial charge in [-0.25, -0.2) is 0 Å². The van der Waals surface area contributed by atoms with Crippen molar-refractivity contribution in [3.8, 4) is 0 Å². The predicted molar refractivity (Wildman–Crippen MR) is 75.7 cm³/mol. The lowest BCUT2D eigenvalue weighted by molar-refractivity contribution is -0.137. The first kappa shape index (κ1) is 16.3. The highest BCUT2D eigenvalue weighted by molar-refractivity contribution is 5.29. The molecule has 0 radical (unpaired) electrons. The lowest BCUT2D eigenvalue weighted by Crippen LogP contribution is -2.45. The van der Waals surface area contributed by atoms with Gasteiger partial charge in [-0.1, -0.05) is 19.1 Å². The van der Waals surface area contributed by atoms with E-state index in [-0.39, 0.29) is 0 Å². The number of rotatable bonds is 3. The number of nitrogens with two attached hydrogens (primary N) is 1. The van der Waals surface area contributed by atoms with Crippen LogP contribution in [-0.2, 0) is 10.9 Å². The van der Waals surface area contributed by atoms with E-state index in [1.165, 1.54) is 6.07 Å². The van der Waals surface area contributed by atoms with Gasteiger partial charge in [-0.15, -0.1) is 0 Å². The second-order valence-corrected chi connectivity index (χ2v) is 6.05. The van der Waals surface area contributed by atoms with Gasteiger partial charge in [-0.2, -0.15) is 13.2 Å². The Labute approximate surface area is 123 Å². The quantitative estimate of drug-likeness (QED) is 0.903. The molecule has 0 heterocycles.